The molecule has 0 saturated carbocycles. The lowest BCUT2D eigenvalue weighted by molar-refractivity contribution is -0.133. The van der Waals surface area contributed by atoms with Crippen LogP contribution in [0.4, 0.5) is 0 Å². The van der Waals surface area contributed by atoms with Crippen molar-refractivity contribution in [1.82, 2.24) is 14.7 Å². The van der Waals surface area contributed by atoms with Crippen LogP contribution in [0.5, 0.6) is 0 Å². The van der Waals surface area contributed by atoms with E-state index in [-0.39, 0.29) is 11.8 Å². The smallest absolute Gasteiger partial charge is 0.253 e. The second-order valence-corrected chi connectivity index (χ2v) is 6.04. The average molecular weight is 332 g/mol. The maximum atomic E-state index is 12.5. The van der Waals surface area contributed by atoms with Gasteiger partial charge in [0.05, 0.1) is 6.54 Å². The molecule has 2 rings (SSSR count). The van der Waals surface area contributed by atoms with Gasteiger partial charge in [0.25, 0.3) is 5.91 Å². The van der Waals surface area contributed by atoms with E-state index in [0.29, 0.717) is 44.8 Å². The first-order chi connectivity index (χ1) is 11.6. The van der Waals surface area contributed by atoms with Crippen molar-refractivity contribution in [3.8, 4) is 0 Å². The summed E-state index contributed by atoms with van der Waals surface area (Å²) in [5.74, 6) is 0.174. The van der Waals surface area contributed by atoms with E-state index >= 15 is 0 Å². The summed E-state index contributed by atoms with van der Waals surface area (Å²) >= 11 is 0. The third-order valence-corrected chi connectivity index (χ3v) is 4.61. The van der Waals surface area contributed by atoms with Crippen molar-refractivity contribution in [2.24, 2.45) is 5.73 Å². The summed E-state index contributed by atoms with van der Waals surface area (Å²) in [6.07, 6.45) is 0. The van der Waals surface area contributed by atoms with Crippen LogP contribution in [0.25, 0.3) is 0 Å². The Balaban J connectivity index is 1.87. The Bertz CT molecular complexity index is 547. The van der Waals surface area contributed by atoms with Crippen LogP contribution >= 0.6 is 0 Å². The Kier molecular flexibility index (Phi) is 6.75. The lowest BCUT2D eigenvalue weighted by Gasteiger charge is -2.35. The molecule has 24 heavy (non-hydrogen) atoms. The molecule has 1 aromatic carbocycles. The minimum atomic E-state index is 0.0226. The number of nitrogens with two attached hydrogens (primary N) is 1. The predicted octanol–water partition coefficient (Wildman–Crippen LogP) is 0.772. The van der Waals surface area contributed by atoms with Crippen molar-refractivity contribution in [2.75, 3.05) is 45.8 Å². The number of hydrogen-bond donors (Lipinski definition) is 1. The molecule has 0 aliphatic carbocycles. The van der Waals surface area contributed by atoms with Crippen LogP contribution < -0.4 is 5.73 Å². The van der Waals surface area contributed by atoms with E-state index in [9.17, 15) is 9.59 Å². The first-order valence-corrected chi connectivity index (χ1v) is 8.67. The number of amides is 2. The fraction of sp³-hybridized carbons (Fsp3) is 0.556. The third kappa shape index (κ3) is 4.55. The first kappa shape index (κ1) is 18.4. The van der Waals surface area contributed by atoms with E-state index in [1.165, 1.54) is 0 Å². The van der Waals surface area contributed by atoms with Gasteiger partial charge in [0.1, 0.15) is 0 Å². The molecule has 2 N–H and O–H groups in total. The van der Waals surface area contributed by atoms with Gasteiger partial charge in [-0.3, -0.25) is 14.5 Å². The zero-order chi connectivity index (χ0) is 17.5. The molecule has 1 aliphatic heterocycles. The average Bonchev–Trinajstić information content (AvgIpc) is 2.65. The van der Waals surface area contributed by atoms with Crippen LogP contribution in [0, 0.1) is 0 Å². The highest BCUT2D eigenvalue weighted by molar-refractivity contribution is 5.94. The van der Waals surface area contributed by atoms with Crippen molar-refractivity contribution in [3.63, 3.8) is 0 Å². The molecule has 1 heterocycles. The number of nitrogens with zero attached hydrogens (tertiary/aromatic N) is 3. The summed E-state index contributed by atoms with van der Waals surface area (Å²) in [4.78, 5) is 30.6. The summed E-state index contributed by atoms with van der Waals surface area (Å²) in [5, 5.41) is 0. The van der Waals surface area contributed by atoms with E-state index < -0.39 is 0 Å². The Hall–Kier alpha value is -1.92. The highest BCUT2D eigenvalue weighted by Crippen LogP contribution is 2.11. The first-order valence-electron chi connectivity index (χ1n) is 8.67. The van der Waals surface area contributed by atoms with E-state index in [1.54, 1.807) is 0 Å². The lowest BCUT2D eigenvalue weighted by atomic mass is 10.1. The molecule has 6 heteroatoms. The van der Waals surface area contributed by atoms with Gasteiger partial charge in [-0.15, -0.1) is 0 Å². The molecule has 1 aromatic rings. The topological polar surface area (TPSA) is 69.9 Å². The lowest BCUT2D eigenvalue weighted by Crippen LogP contribution is -2.52. The molecule has 0 bridgehead atoms. The molecule has 1 fully saturated rings. The van der Waals surface area contributed by atoms with Crippen LogP contribution in [0.3, 0.4) is 0 Å². The molecule has 1 aliphatic rings. The van der Waals surface area contributed by atoms with Crippen molar-refractivity contribution in [2.45, 2.75) is 20.4 Å². The number of piperazine rings is 1. The quantitative estimate of drug-likeness (QED) is 0.835. The van der Waals surface area contributed by atoms with E-state index in [0.717, 1.165) is 18.7 Å². The van der Waals surface area contributed by atoms with Crippen LogP contribution in [0.1, 0.15) is 29.8 Å². The van der Waals surface area contributed by atoms with E-state index in [4.69, 9.17) is 5.73 Å². The minimum Gasteiger partial charge on any atom is -0.338 e. The van der Waals surface area contributed by atoms with Gasteiger partial charge < -0.3 is 15.5 Å². The highest BCUT2D eigenvalue weighted by atomic mass is 16.2. The zero-order valence-electron chi connectivity index (χ0n) is 14.7. The number of carbonyl (C=O) groups excluding carboxylic acids is 2. The molecule has 0 spiro atoms. The number of carbonyl (C=O) groups is 2. The standard InChI is InChI=1S/C18H28N4O2/c1-3-20(4-2)14-17(23)21-9-11-22(12-10-21)18(24)16-7-5-15(13-19)6-8-16/h5-8H,3-4,9-14,19H2,1-2H3. The van der Waals surface area contributed by atoms with E-state index in [1.807, 2.05) is 34.1 Å². The third-order valence-electron chi connectivity index (χ3n) is 4.61. The van der Waals surface area contributed by atoms with Crippen LogP contribution in [0.15, 0.2) is 24.3 Å². The molecular weight excluding hydrogens is 304 g/mol. The Morgan fingerprint density at radius 2 is 1.54 bits per heavy atom. The molecule has 132 valence electrons. The fourth-order valence-corrected chi connectivity index (χ4v) is 2.86. The van der Waals surface area contributed by atoms with Gasteiger partial charge in [-0.05, 0) is 30.8 Å². The van der Waals surface area contributed by atoms with Crippen molar-refractivity contribution in [1.29, 1.82) is 0 Å². The largest absolute Gasteiger partial charge is 0.338 e. The van der Waals surface area contributed by atoms with Gasteiger partial charge in [0.15, 0.2) is 0 Å². The molecule has 0 radical (unpaired) electrons. The van der Waals surface area contributed by atoms with Gasteiger partial charge in [-0.2, -0.15) is 0 Å². The summed E-state index contributed by atoms with van der Waals surface area (Å²) in [5.41, 5.74) is 7.27. The Labute approximate surface area is 144 Å². The second kappa shape index (κ2) is 8.80. The molecule has 0 aromatic heterocycles. The van der Waals surface area contributed by atoms with Gasteiger partial charge >= 0.3 is 0 Å². The molecule has 2 amide bonds. The second-order valence-electron chi connectivity index (χ2n) is 6.04. The Morgan fingerprint density at radius 3 is 2.04 bits per heavy atom. The van der Waals surface area contributed by atoms with Gasteiger partial charge in [-0.1, -0.05) is 26.0 Å². The number of benzene rings is 1. The maximum Gasteiger partial charge on any atom is 0.253 e. The van der Waals surface area contributed by atoms with Gasteiger partial charge in [0.2, 0.25) is 5.91 Å². The van der Waals surface area contributed by atoms with Crippen molar-refractivity contribution >= 4 is 11.8 Å². The summed E-state index contributed by atoms with van der Waals surface area (Å²) in [6.45, 7) is 9.18. The van der Waals surface area contributed by atoms with Crippen LogP contribution in [-0.4, -0.2) is 72.3 Å². The maximum absolute atomic E-state index is 12.5. The minimum absolute atomic E-state index is 0.0226. The zero-order valence-corrected chi connectivity index (χ0v) is 14.7. The highest BCUT2D eigenvalue weighted by Gasteiger charge is 2.25. The molecule has 1 saturated heterocycles. The van der Waals surface area contributed by atoms with Crippen molar-refractivity contribution < 1.29 is 9.59 Å². The normalized spacial score (nSPS) is 15.0. The van der Waals surface area contributed by atoms with Crippen LogP contribution in [0.2, 0.25) is 0 Å². The molecule has 0 atom stereocenters. The fourth-order valence-electron chi connectivity index (χ4n) is 2.86. The molecule has 0 unspecified atom stereocenters. The predicted molar refractivity (Wildman–Crippen MR) is 94.6 cm³/mol. The van der Waals surface area contributed by atoms with E-state index in [2.05, 4.69) is 18.7 Å². The number of rotatable bonds is 6. The molecular formula is C18H28N4O2. The van der Waals surface area contributed by atoms with Crippen molar-refractivity contribution in [3.05, 3.63) is 35.4 Å². The number of likely N-dealkylation sites (N-methyl/N-ethyl adjacent to an activating group) is 1. The molecule has 6 nitrogen and oxygen atoms in total. The van der Waals surface area contributed by atoms with Gasteiger partial charge in [-0.25, -0.2) is 0 Å². The summed E-state index contributed by atoms with van der Waals surface area (Å²) in [6, 6.07) is 7.42. The SMILES string of the molecule is CCN(CC)CC(=O)N1CCN(C(=O)c2ccc(CN)cc2)CC1. The number of hydrogen-bond acceptors (Lipinski definition) is 4. The van der Waals surface area contributed by atoms with Gasteiger partial charge in [0, 0.05) is 38.3 Å². The summed E-state index contributed by atoms with van der Waals surface area (Å²) < 4.78 is 0. The Morgan fingerprint density at radius 1 is 1.00 bits per heavy atom. The van der Waals surface area contributed by atoms with Crippen LogP contribution in [-0.2, 0) is 11.3 Å². The summed E-state index contributed by atoms with van der Waals surface area (Å²) in [7, 11) is 0. The monoisotopic (exact) mass is 332 g/mol.